The van der Waals surface area contributed by atoms with E-state index in [0.29, 0.717) is 36.2 Å². The van der Waals surface area contributed by atoms with E-state index in [9.17, 15) is 0 Å². The van der Waals surface area contributed by atoms with E-state index in [0.717, 1.165) is 12.1 Å². The lowest BCUT2D eigenvalue weighted by Crippen LogP contribution is -2.28. The van der Waals surface area contributed by atoms with Crippen molar-refractivity contribution in [2.75, 3.05) is 26.8 Å². The number of nitriles is 1. The molecule has 3 nitrogen and oxygen atoms in total. The minimum absolute atomic E-state index is 0.478. The van der Waals surface area contributed by atoms with Crippen LogP contribution in [-0.2, 0) is 11.3 Å². The zero-order chi connectivity index (χ0) is 13.4. The predicted octanol–water partition coefficient (Wildman–Crippen LogP) is 3.36. The van der Waals surface area contributed by atoms with Crippen LogP contribution >= 0.6 is 23.2 Å². The first-order valence-electron chi connectivity index (χ1n) is 5.70. The van der Waals surface area contributed by atoms with E-state index in [4.69, 9.17) is 33.2 Å². The lowest BCUT2D eigenvalue weighted by atomic mass is 10.2. The highest BCUT2D eigenvalue weighted by molar-refractivity contribution is 6.35. The van der Waals surface area contributed by atoms with Gasteiger partial charge in [0, 0.05) is 48.8 Å². The molecule has 1 rings (SSSR count). The molecule has 0 spiro atoms. The van der Waals surface area contributed by atoms with Crippen LogP contribution in [0.4, 0.5) is 0 Å². The highest BCUT2D eigenvalue weighted by Gasteiger charge is 2.11. The third-order valence-electron chi connectivity index (χ3n) is 2.59. The van der Waals surface area contributed by atoms with Crippen molar-refractivity contribution in [2.45, 2.75) is 13.0 Å². The molecule has 0 aliphatic rings. The molecule has 1 aromatic carbocycles. The Kier molecular flexibility index (Phi) is 7.07. The van der Waals surface area contributed by atoms with Gasteiger partial charge in [-0.2, -0.15) is 5.26 Å². The number of benzene rings is 1. The molecule has 0 fully saturated rings. The molecule has 0 N–H and O–H groups in total. The van der Waals surface area contributed by atoms with Crippen LogP contribution in [0.1, 0.15) is 12.0 Å². The lowest BCUT2D eigenvalue weighted by molar-refractivity contribution is 0.145. The second-order valence-corrected chi connectivity index (χ2v) is 4.69. The van der Waals surface area contributed by atoms with Crippen molar-refractivity contribution in [3.05, 3.63) is 33.8 Å². The van der Waals surface area contributed by atoms with Gasteiger partial charge in [-0.1, -0.05) is 29.3 Å². The van der Waals surface area contributed by atoms with Crippen molar-refractivity contribution in [1.82, 2.24) is 4.90 Å². The Bertz CT molecular complexity index is 398. The van der Waals surface area contributed by atoms with Crippen LogP contribution in [-0.4, -0.2) is 31.7 Å². The molecule has 0 radical (unpaired) electrons. The summed E-state index contributed by atoms with van der Waals surface area (Å²) in [5, 5.41) is 9.96. The second-order valence-electron chi connectivity index (χ2n) is 3.88. The Morgan fingerprint density at radius 1 is 1.28 bits per heavy atom. The van der Waals surface area contributed by atoms with Crippen molar-refractivity contribution < 1.29 is 4.74 Å². The van der Waals surface area contributed by atoms with Gasteiger partial charge >= 0.3 is 0 Å². The number of hydrogen-bond acceptors (Lipinski definition) is 3. The molecule has 5 heteroatoms. The van der Waals surface area contributed by atoms with Crippen LogP contribution in [0, 0.1) is 11.3 Å². The standard InChI is InChI=1S/C13H16Cl2N2O/c1-18-9-8-17(7-3-6-16)10-11-12(14)4-2-5-13(11)15/h2,4-5H,3,7-10H2,1H3. The molecule has 0 atom stereocenters. The molecular formula is C13H16Cl2N2O. The van der Waals surface area contributed by atoms with Crippen molar-refractivity contribution in [1.29, 1.82) is 5.26 Å². The van der Waals surface area contributed by atoms with Gasteiger partial charge in [0.1, 0.15) is 0 Å². The monoisotopic (exact) mass is 286 g/mol. The summed E-state index contributed by atoms with van der Waals surface area (Å²) in [6.07, 6.45) is 0.478. The lowest BCUT2D eigenvalue weighted by Gasteiger charge is -2.22. The number of nitrogens with zero attached hydrogens (tertiary/aromatic N) is 2. The Balaban J connectivity index is 2.72. The number of rotatable bonds is 7. The van der Waals surface area contributed by atoms with Gasteiger partial charge in [0.25, 0.3) is 0 Å². The van der Waals surface area contributed by atoms with Gasteiger partial charge in [-0.25, -0.2) is 0 Å². The molecule has 0 heterocycles. The van der Waals surface area contributed by atoms with Crippen LogP contribution in [0.5, 0.6) is 0 Å². The molecule has 0 amide bonds. The zero-order valence-electron chi connectivity index (χ0n) is 10.3. The molecule has 0 aliphatic carbocycles. The maximum atomic E-state index is 8.66. The molecular weight excluding hydrogens is 271 g/mol. The zero-order valence-corrected chi connectivity index (χ0v) is 11.8. The van der Waals surface area contributed by atoms with Crippen molar-refractivity contribution in [3.8, 4) is 6.07 Å². The van der Waals surface area contributed by atoms with Gasteiger partial charge < -0.3 is 4.74 Å². The van der Waals surface area contributed by atoms with E-state index in [1.165, 1.54) is 0 Å². The molecule has 0 aromatic heterocycles. The van der Waals surface area contributed by atoms with E-state index < -0.39 is 0 Å². The van der Waals surface area contributed by atoms with Gasteiger partial charge in [0.05, 0.1) is 12.7 Å². The minimum Gasteiger partial charge on any atom is -0.383 e. The molecule has 0 bridgehead atoms. The van der Waals surface area contributed by atoms with Crippen molar-refractivity contribution >= 4 is 23.2 Å². The van der Waals surface area contributed by atoms with Crippen molar-refractivity contribution in [3.63, 3.8) is 0 Å². The van der Waals surface area contributed by atoms with Gasteiger partial charge in [-0.05, 0) is 12.1 Å². The second kappa shape index (κ2) is 8.34. The molecule has 1 aromatic rings. The van der Waals surface area contributed by atoms with Crippen LogP contribution in [0.25, 0.3) is 0 Å². The molecule has 0 saturated heterocycles. The van der Waals surface area contributed by atoms with Gasteiger partial charge in [-0.15, -0.1) is 0 Å². The summed E-state index contributed by atoms with van der Waals surface area (Å²) in [4.78, 5) is 2.11. The Morgan fingerprint density at radius 3 is 2.50 bits per heavy atom. The Hall–Kier alpha value is -0.790. The summed E-state index contributed by atoms with van der Waals surface area (Å²) in [6, 6.07) is 7.61. The molecule has 98 valence electrons. The summed E-state index contributed by atoms with van der Waals surface area (Å²) >= 11 is 12.3. The van der Waals surface area contributed by atoms with E-state index in [2.05, 4.69) is 11.0 Å². The molecule has 0 saturated carbocycles. The first kappa shape index (κ1) is 15.3. The fraction of sp³-hybridized carbons (Fsp3) is 0.462. The van der Waals surface area contributed by atoms with E-state index in [-0.39, 0.29) is 0 Å². The first-order chi connectivity index (χ1) is 8.69. The van der Waals surface area contributed by atoms with Crippen LogP contribution in [0.3, 0.4) is 0 Å². The highest BCUT2D eigenvalue weighted by atomic mass is 35.5. The quantitative estimate of drug-likeness (QED) is 0.771. The van der Waals surface area contributed by atoms with E-state index in [1.54, 1.807) is 7.11 Å². The first-order valence-corrected chi connectivity index (χ1v) is 6.45. The normalized spacial score (nSPS) is 10.6. The number of halogens is 2. The number of hydrogen-bond donors (Lipinski definition) is 0. The number of ether oxygens (including phenoxy) is 1. The van der Waals surface area contributed by atoms with Crippen LogP contribution in [0.15, 0.2) is 18.2 Å². The third kappa shape index (κ3) is 4.83. The fourth-order valence-electron chi connectivity index (χ4n) is 1.61. The third-order valence-corrected chi connectivity index (χ3v) is 3.30. The van der Waals surface area contributed by atoms with Gasteiger partial charge in [0.2, 0.25) is 0 Å². The van der Waals surface area contributed by atoms with Crippen LogP contribution in [0.2, 0.25) is 10.0 Å². The van der Waals surface area contributed by atoms with Crippen molar-refractivity contribution in [2.24, 2.45) is 0 Å². The SMILES string of the molecule is COCCN(CCC#N)Cc1c(Cl)cccc1Cl. The van der Waals surface area contributed by atoms with Gasteiger partial charge in [0.15, 0.2) is 0 Å². The van der Waals surface area contributed by atoms with E-state index >= 15 is 0 Å². The average Bonchev–Trinajstić information content (AvgIpc) is 2.36. The topological polar surface area (TPSA) is 36.3 Å². The average molecular weight is 287 g/mol. The Labute approximate surface area is 118 Å². The summed E-state index contributed by atoms with van der Waals surface area (Å²) in [7, 11) is 1.66. The summed E-state index contributed by atoms with van der Waals surface area (Å²) in [5.74, 6) is 0. The minimum atomic E-state index is 0.478. The molecule has 18 heavy (non-hydrogen) atoms. The summed E-state index contributed by atoms with van der Waals surface area (Å²) < 4.78 is 5.06. The van der Waals surface area contributed by atoms with Crippen LogP contribution < -0.4 is 0 Å². The smallest absolute Gasteiger partial charge is 0.0635 e. The van der Waals surface area contributed by atoms with Gasteiger partial charge in [-0.3, -0.25) is 4.90 Å². The summed E-state index contributed by atoms with van der Waals surface area (Å²) in [6.45, 7) is 2.68. The summed E-state index contributed by atoms with van der Waals surface area (Å²) in [5.41, 5.74) is 0.898. The fourth-order valence-corrected chi connectivity index (χ4v) is 2.12. The largest absolute Gasteiger partial charge is 0.383 e. The molecule has 0 unspecified atom stereocenters. The highest BCUT2D eigenvalue weighted by Crippen LogP contribution is 2.25. The maximum absolute atomic E-state index is 8.66. The maximum Gasteiger partial charge on any atom is 0.0635 e. The number of methoxy groups -OCH3 is 1. The predicted molar refractivity (Wildman–Crippen MR) is 73.8 cm³/mol. The Morgan fingerprint density at radius 2 is 1.94 bits per heavy atom. The van der Waals surface area contributed by atoms with E-state index in [1.807, 2.05) is 18.2 Å². The molecule has 0 aliphatic heterocycles.